The van der Waals surface area contributed by atoms with Gasteiger partial charge in [-0.1, -0.05) is 49.2 Å². The molecule has 1 amide bonds. The first-order chi connectivity index (χ1) is 26.0. The van der Waals surface area contributed by atoms with Crippen molar-refractivity contribution in [3.63, 3.8) is 0 Å². The normalized spacial score (nSPS) is 29.5. The molecule has 4 aliphatic rings. The Balaban J connectivity index is 1.33. The number of allylic oxidation sites excluding steroid dienone is 4. The minimum Gasteiger partial charge on any atom is -0.490 e. The minimum absolute atomic E-state index is 0.141. The van der Waals surface area contributed by atoms with Crippen LogP contribution < -0.4 is 14.4 Å². The highest BCUT2D eigenvalue weighted by Gasteiger charge is 2.39. The van der Waals surface area contributed by atoms with Gasteiger partial charge in [-0.3, -0.25) is 4.79 Å². The molecular formula is C41H61ClN2O9S. The van der Waals surface area contributed by atoms with E-state index in [9.17, 15) is 13.2 Å². The van der Waals surface area contributed by atoms with E-state index in [1.165, 1.54) is 5.57 Å². The molecule has 302 valence electrons. The number of rotatable bonds is 13. The van der Waals surface area contributed by atoms with E-state index in [0.29, 0.717) is 83.1 Å². The second-order valence-electron chi connectivity index (χ2n) is 15.4. The molecule has 0 spiro atoms. The highest BCUT2D eigenvalue weighted by molar-refractivity contribution is 7.90. The van der Waals surface area contributed by atoms with Gasteiger partial charge in [0.15, 0.2) is 0 Å². The van der Waals surface area contributed by atoms with Gasteiger partial charge in [-0.2, -0.15) is 0 Å². The Morgan fingerprint density at radius 2 is 1.72 bits per heavy atom. The van der Waals surface area contributed by atoms with Crippen LogP contribution in [-0.2, 0) is 33.7 Å². The first kappa shape index (κ1) is 42.7. The number of hydrogen-bond acceptors (Lipinski definition) is 10. The summed E-state index contributed by atoms with van der Waals surface area (Å²) in [4.78, 5) is 15.9. The number of nitrogens with one attached hydrogen (secondary N) is 1. The van der Waals surface area contributed by atoms with Gasteiger partial charge in [0.25, 0.3) is 5.91 Å². The first-order valence-corrected chi connectivity index (χ1v) is 21.6. The lowest BCUT2D eigenvalue weighted by molar-refractivity contribution is -0.0454. The summed E-state index contributed by atoms with van der Waals surface area (Å²) in [5, 5.41) is -0.0146. The molecule has 6 atom stereocenters. The van der Waals surface area contributed by atoms with Crippen LogP contribution in [0.3, 0.4) is 0 Å². The zero-order chi connectivity index (χ0) is 38.6. The summed E-state index contributed by atoms with van der Waals surface area (Å²) >= 11 is 6.48. The van der Waals surface area contributed by atoms with Gasteiger partial charge in [0.2, 0.25) is 10.0 Å². The molecule has 2 heterocycles. The van der Waals surface area contributed by atoms with Crippen LogP contribution in [0.5, 0.6) is 5.75 Å². The lowest BCUT2D eigenvalue weighted by Gasteiger charge is -2.44. The highest BCUT2D eigenvalue weighted by atomic mass is 35.5. The number of benzene rings is 1. The number of nitrogens with zero attached hydrogens (tertiary/aromatic N) is 1. The Bertz CT molecular complexity index is 1580. The number of anilines is 1. The molecule has 11 nitrogen and oxygen atoms in total. The number of methoxy groups -OCH3 is 1. The molecule has 13 heteroatoms. The van der Waals surface area contributed by atoms with Gasteiger partial charge in [-0.05, 0) is 93.9 Å². The summed E-state index contributed by atoms with van der Waals surface area (Å²) in [5.74, 6) is 0.456. The molecule has 2 aliphatic heterocycles. The number of ether oxygens (including phenoxy) is 6. The van der Waals surface area contributed by atoms with Gasteiger partial charge in [0.1, 0.15) is 5.75 Å². The summed E-state index contributed by atoms with van der Waals surface area (Å²) in [6, 6.07) is 5.30. The van der Waals surface area contributed by atoms with E-state index in [-0.39, 0.29) is 23.4 Å². The predicted octanol–water partition coefficient (Wildman–Crippen LogP) is 6.67. The summed E-state index contributed by atoms with van der Waals surface area (Å²) in [5.41, 5.74) is 2.19. The van der Waals surface area contributed by atoms with Crippen molar-refractivity contribution in [2.75, 3.05) is 84.6 Å². The molecule has 0 saturated heterocycles. The molecule has 1 saturated carbocycles. The summed E-state index contributed by atoms with van der Waals surface area (Å²) in [7, 11) is -2.31. The number of carbonyl (C=O) groups is 1. The molecule has 1 fully saturated rings. The first-order valence-electron chi connectivity index (χ1n) is 19.7. The van der Waals surface area contributed by atoms with Crippen molar-refractivity contribution in [2.24, 2.45) is 23.2 Å². The molecule has 1 unspecified atom stereocenters. The third kappa shape index (κ3) is 11.8. The second kappa shape index (κ2) is 20.6. The molecule has 1 N–H and O–H groups in total. The van der Waals surface area contributed by atoms with Crippen molar-refractivity contribution in [1.29, 1.82) is 0 Å². The average molecular weight is 793 g/mol. The zero-order valence-electron chi connectivity index (χ0n) is 32.6. The van der Waals surface area contributed by atoms with E-state index in [1.54, 1.807) is 20.1 Å². The monoisotopic (exact) mass is 792 g/mol. The van der Waals surface area contributed by atoms with Gasteiger partial charge in [0, 0.05) is 36.2 Å². The SMILES string of the molecule is COCCOCCOCCOCCO[C@H]1/C=C/C[C@H](C)[C@@H](C)S(=O)(=O)NC(=O)c2ccc3c(c2)N(CCCCC2=CC(Cl)=CCC2(C)CO3)C[C@@H]2CC[C@H]21. The van der Waals surface area contributed by atoms with Crippen LogP contribution in [0.2, 0.25) is 0 Å². The average Bonchev–Trinajstić information content (AvgIpc) is 3.16. The molecule has 2 aliphatic carbocycles. The quantitative estimate of drug-likeness (QED) is 0.171. The predicted molar refractivity (Wildman–Crippen MR) is 212 cm³/mol. The van der Waals surface area contributed by atoms with E-state index in [0.717, 1.165) is 62.3 Å². The zero-order valence-corrected chi connectivity index (χ0v) is 34.1. The largest absolute Gasteiger partial charge is 0.490 e. The third-order valence-electron chi connectivity index (χ3n) is 11.5. The van der Waals surface area contributed by atoms with Crippen molar-refractivity contribution < 1.29 is 41.6 Å². The van der Waals surface area contributed by atoms with E-state index in [4.69, 9.17) is 40.0 Å². The van der Waals surface area contributed by atoms with Crippen LogP contribution in [0, 0.1) is 23.2 Å². The van der Waals surface area contributed by atoms with E-state index >= 15 is 0 Å². The maximum atomic E-state index is 13.6. The van der Waals surface area contributed by atoms with Crippen molar-refractivity contribution in [3.8, 4) is 5.75 Å². The number of carbonyl (C=O) groups excluding carboxylic acids is 1. The van der Waals surface area contributed by atoms with E-state index in [2.05, 4.69) is 34.8 Å². The smallest absolute Gasteiger partial charge is 0.264 e. The van der Waals surface area contributed by atoms with E-state index < -0.39 is 21.2 Å². The second-order valence-corrected chi connectivity index (χ2v) is 17.9. The Morgan fingerprint density at radius 3 is 2.43 bits per heavy atom. The molecule has 1 aromatic carbocycles. The number of amides is 1. The van der Waals surface area contributed by atoms with Gasteiger partial charge in [-0.15, -0.1) is 0 Å². The molecular weight excluding hydrogens is 732 g/mol. The number of hydrogen-bond donors (Lipinski definition) is 1. The Morgan fingerprint density at radius 1 is 1.00 bits per heavy atom. The summed E-state index contributed by atoms with van der Waals surface area (Å²) in [6.45, 7) is 11.7. The van der Waals surface area contributed by atoms with Crippen LogP contribution >= 0.6 is 11.6 Å². The highest BCUT2D eigenvalue weighted by Crippen LogP contribution is 2.44. The molecule has 54 heavy (non-hydrogen) atoms. The lowest BCUT2D eigenvalue weighted by Crippen LogP contribution is -2.44. The fourth-order valence-corrected chi connectivity index (χ4v) is 9.06. The van der Waals surface area contributed by atoms with Crippen LogP contribution in [0.15, 0.2) is 53.1 Å². The summed E-state index contributed by atoms with van der Waals surface area (Å²) < 4.78 is 64.3. The van der Waals surface area contributed by atoms with Gasteiger partial charge in [0.05, 0.1) is 76.5 Å². The fourth-order valence-electron chi connectivity index (χ4n) is 7.56. The number of fused-ring (bicyclic) bond motifs is 3. The van der Waals surface area contributed by atoms with Gasteiger partial charge in [-0.25, -0.2) is 13.1 Å². The fraction of sp³-hybridized carbons (Fsp3) is 0.683. The molecule has 5 rings (SSSR count). The molecule has 2 bridgehead atoms. The maximum Gasteiger partial charge on any atom is 0.264 e. The van der Waals surface area contributed by atoms with Gasteiger partial charge >= 0.3 is 0 Å². The Hall–Kier alpha value is -2.45. The molecule has 0 radical (unpaired) electrons. The molecule has 1 aromatic rings. The minimum atomic E-state index is -3.95. The lowest BCUT2D eigenvalue weighted by atomic mass is 9.70. The van der Waals surface area contributed by atoms with Crippen LogP contribution in [-0.4, -0.2) is 105 Å². The Kier molecular flexibility index (Phi) is 16.3. The number of sulfonamides is 1. The Labute approximate surface area is 327 Å². The van der Waals surface area contributed by atoms with Crippen LogP contribution in [0.1, 0.15) is 76.1 Å². The van der Waals surface area contributed by atoms with Gasteiger partial charge < -0.3 is 33.3 Å². The maximum absolute atomic E-state index is 13.6. The number of halogens is 1. The summed E-state index contributed by atoms with van der Waals surface area (Å²) in [6.07, 6.45) is 14.4. The van der Waals surface area contributed by atoms with Crippen LogP contribution in [0.25, 0.3) is 0 Å². The van der Waals surface area contributed by atoms with E-state index in [1.807, 2.05) is 25.1 Å². The van der Waals surface area contributed by atoms with Crippen molar-refractivity contribution >= 4 is 33.2 Å². The third-order valence-corrected chi connectivity index (χ3v) is 13.7. The van der Waals surface area contributed by atoms with Crippen molar-refractivity contribution in [3.05, 3.63) is 58.7 Å². The van der Waals surface area contributed by atoms with Crippen molar-refractivity contribution in [2.45, 2.75) is 77.1 Å². The van der Waals surface area contributed by atoms with Crippen LogP contribution in [0.4, 0.5) is 5.69 Å². The van der Waals surface area contributed by atoms with Crippen molar-refractivity contribution in [1.82, 2.24) is 4.72 Å². The standard InChI is InChI=1S/C41H61ClN2O9S/c1-30-8-7-10-38(52-25-24-51-23-22-50-21-20-49-19-18-48-4)36-13-11-33(36)28-44-17-6-5-9-34-27-35(42)15-16-41(34,3)29-53-39-14-12-32(26-37(39)44)40(45)43-54(46,47)31(30)2/h7,10,12,14-15,26-27,30-31,33,36,38H,5-6,8-9,11,13,16-25,28-29H2,1-4H3,(H,43,45)/b10-7+/t30-,31+,33-,36+,38-,41?/m0/s1. The topological polar surface area (TPSA) is 122 Å². The molecule has 0 aromatic heterocycles.